The Kier molecular flexibility index (Phi) is 5.76. The minimum Gasteiger partial charge on any atom is -0.310 e. The van der Waals surface area contributed by atoms with E-state index in [9.17, 15) is 0 Å². The van der Waals surface area contributed by atoms with Gasteiger partial charge in [-0.3, -0.25) is 4.68 Å². The highest BCUT2D eigenvalue weighted by molar-refractivity contribution is 6.30. The molecule has 1 unspecified atom stereocenters. The molecule has 1 aromatic heterocycles. The fraction of sp³-hybridized carbons (Fsp3) is 0.389. The van der Waals surface area contributed by atoms with E-state index in [1.54, 1.807) is 6.20 Å². The lowest BCUT2D eigenvalue weighted by Crippen LogP contribution is -2.32. The predicted molar refractivity (Wildman–Crippen MR) is 96.9 cm³/mol. The van der Waals surface area contributed by atoms with E-state index in [4.69, 9.17) is 23.2 Å². The van der Waals surface area contributed by atoms with E-state index in [0.717, 1.165) is 31.0 Å². The highest BCUT2D eigenvalue weighted by atomic mass is 35.5. The molecule has 3 nitrogen and oxygen atoms in total. The maximum Gasteiger partial charge on any atom is 0.0785 e. The molecular formula is C18H21Cl2N3. The number of unbranched alkanes of at least 4 members (excludes halogenated alkanes) is 1. The Morgan fingerprint density at radius 2 is 1.96 bits per heavy atom. The first-order valence-corrected chi connectivity index (χ1v) is 8.82. The van der Waals surface area contributed by atoms with Crippen molar-refractivity contribution in [3.63, 3.8) is 0 Å². The number of aromatic nitrogens is 2. The lowest BCUT2D eigenvalue weighted by molar-refractivity contribution is 0.456. The van der Waals surface area contributed by atoms with Gasteiger partial charge in [0.15, 0.2) is 0 Å². The Morgan fingerprint density at radius 3 is 2.70 bits per heavy atom. The molecule has 2 heterocycles. The van der Waals surface area contributed by atoms with Crippen LogP contribution >= 0.6 is 23.2 Å². The van der Waals surface area contributed by atoms with Gasteiger partial charge in [0.05, 0.1) is 11.2 Å². The van der Waals surface area contributed by atoms with E-state index >= 15 is 0 Å². The molecule has 3 rings (SSSR count). The van der Waals surface area contributed by atoms with Crippen LogP contribution in [0.25, 0.3) is 5.57 Å². The largest absolute Gasteiger partial charge is 0.310 e. The second kappa shape index (κ2) is 8.00. The maximum atomic E-state index is 5.97. The van der Waals surface area contributed by atoms with Crippen LogP contribution in [0.5, 0.6) is 0 Å². The second-order valence-electron chi connectivity index (χ2n) is 5.96. The van der Waals surface area contributed by atoms with Crippen molar-refractivity contribution in [2.75, 3.05) is 6.54 Å². The molecule has 122 valence electrons. The van der Waals surface area contributed by atoms with Gasteiger partial charge in [0.25, 0.3) is 0 Å². The van der Waals surface area contributed by atoms with E-state index in [-0.39, 0.29) is 0 Å². The number of rotatable bonds is 6. The third kappa shape index (κ3) is 4.84. The van der Waals surface area contributed by atoms with Crippen LogP contribution in [0.1, 0.15) is 31.2 Å². The van der Waals surface area contributed by atoms with Gasteiger partial charge in [-0.05, 0) is 42.5 Å². The molecule has 0 saturated carbocycles. The van der Waals surface area contributed by atoms with Gasteiger partial charge >= 0.3 is 0 Å². The van der Waals surface area contributed by atoms with Crippen LogP contribution in [-0.2, 0) is 6.54 Å². The molecule has 1 atom stereocenters. The molecule has 1 aliphatic rings. The van der Waals surface area contributed by atoms with Gasteiger partial charge in [-0.1, -0.05) is 47.8 Å². The Hall–Kier alpha value is -1.29. The van der Waals surface area contributed by atoms with Crippen LogP contribution in [0.4, 0.5) is 0 Å². The molecule has 0 fully saturated rings. The summed E-state index contributed by atoms with van der Waals surface area (Å²) in [5.41, 5.74) is 2.70. The van der Waals surface area contributed by atoms with E-state index in [1.807, 2.05) is 23.0 Å². The van der Waals surface area contributed by atoms with Crippen LogP contribution in [-0.4, -0.2) is 22.4 Å². The van der Waals surface area contributed by atoms with Crippen LogP contribution in [0.15, 0.2) is 42.7 Å². The van der Waals surface area contributed by atoms with E-state index in [2.05, 4.69) is 28.6 Å². The average molecular weight is 350 g/mol. The molecule has 5 heteroatoms. The summed E-state index contributed by atoms with van der Waals surface area (Å²) in [5.74, 6) is 0. The fourth-order valence-electron chi connectivity index (χ4n) is 3.00. The molecular weight excluding hydrogens is 329 g/mol. The summed E-state index contributed by atoms with van der Waals surface area (Å²) in [6, 6.07) is 8.69. The van der Waals surface area contributed by atoms with Gasteiger partial charge in [0.1, 0.15) is 0 Å². The summed E-state index contributed by atoms with van der Waals surface area (Å²) in [6.07, 6.45) is 10.4. The van der Waals surface area contributed by atoms with E-state index in [0.29, 0.717) is 11.1 Å². The van der Waals surface area contributed by atoms with Crippen molar-refractivity contribution in [2.24, 2.45) is 0 Å². The van der Waals surface area contributed by atoms with E-state index < -0.39 is 0 Å². The first-order valence-electron chi connectivity index (χ1n) is 8.07. The Morgan fingerprint density at radius 1 is 1.13 bits per heavy atom. The Bertz CT molecular complexity index is 661. The first kappa shape index (κ1) is 16.6. The van der Waals surface area contributed by atoms with E-state index in [1.165, 1.54) is 24.0 Å². The lowest BCUT2D eigenvalue weighted by Gasteiger charge is -2.24. The zero-order chi connectivity index (χ0) is 16.1. The summed E-state index contributed by atoms with van der Waals surface area (Å²) in [7, 11) is 0. The fourth-order valence-corrected chi connectivity index (χ4v) is 3.28. The van der Waals surface area contributed by atoms with Gasteiger partial charge in [-0.15, -0.1) is 0 Å². The molecule has 0 amide bonds. The maximum absolute atomic E-state index is 5.97. The average Bonchev–Trinajstić information content (AvgIpc) is 2.98. The minimum absolute atomic E-state index is 0.548. The molecule has 1 aromatic carbocycles. The molecule has 0 aliphatic carbocycles. The normalized spacial score (nSPS) is 18.0. The zero-order valence-electron chi connectivity index (χ0n) is 13.0. The van der Waals surface area contributed by atoms with Gasteiger partial charge in [-0.25, -0.2) is 0 Å². The predicted octanol–water partition coefficient (Wildman–Crippen LogP) is 4.81. The topological polar surface area (TPSA) is 29.9 Å². The Labute approximate surface area is 147 Å². The zero-order valence-corrected chi connectivity index (χ0v) is 14.5. The molecule has 2 aromatic rings. The summed E-state index contributed by atoms with van der Waals surface area (Å²) < 4.78 is 1.91. The van der Waals surface area contributed by atoms with Crippen molar-refractivity contribution >= 4 is 28.8 Å². The van der Waals surface area contributed by atoms with Crippen LogP contribution in [0, 0.1) is 0 Å². The molecule has 0 bridgehead atoms. The van der Waals surface area contributed by atoms with Crippen molar-refractivity contribution in [3.05, 3.63) is 58.3 Å². The molecule has 1 aliphatic heterocycles. The van der Waals surface area contributed by atoms with Crippen molar-refractivity contribution in [1.82, 2.24) is 15.1 Å². The summed E-state index contributed by atoms with van der Waals surface area (Å²) in [4.78, 5) is 0. The monoisotopic (exact) mass is 349 g/mol. The minimum atomic E-state index is 0.548. The highest BCUT2D eigenvalue weighted by Crippen LogP contribution is 2.25. The number of hydrogen-bond acceptors (Lipinski definition) is 2. The van der Waals surface area contributed by atoms with Crippen molar-refractivity contribution in [1.29, 1.82) is 0 Å². The smallest absolute Gasteiger partial charge is 0.0785 e. The first-order chi connectivity index (χ1) is 11.2. The van der Waals surface area contributed by atoms with Crippen molar-refractivity contribution in [3.8, 4) is 0 Å². The van der Waals surface area contributed by atoms with Crippen molar-refractivity contribution < 1.29 is 0 Å². The second-order valence-corrected chi connectivity index (χ2v) is 6.84. The van der Waals surface area contributed by atoms with Gasteiger partial charge in [0, 0.05) is 30.4 Å². The van der Waals surface area contributed by atoms with Crippen LogP contribution in [0.3, 0.4) is 0 Å². The summed E-state index contributed by atoms with van der Waals surface area (Å²) >= 11 is 11.8. The highest BCUT2D eigenvalue weighted by Gasteiger charge is 2.15. The number of aryl methyl sites for hydroxylation is 1. The molecule has 0 radical (unpaired) electrons. The number of nitrogens with zero attached hydrogens (tertiary/aromatic N) is 2. The number of benzene rings is 1. The standard InChI is InChI=1S/C18H21Cl2N3/c19-16-6-4-14(5-7-16)15-8-9-21-18(11-15)3-1-2-10-23-13-17(20)12-22-23/h4-8,12-13,18,21H,1-3,9-11H2. The molecule has 0 saturated heterocycles. The van der Waals surface area contributed by atoms with Crippen molar-refractivity contribution in [2.45, 2.75) is 38.3 Å². The number of halogens is 2. The van der Waals surface area contributed by atoms with Gasteiger partial charge < -0.3 is 5.32 Å². The SMILES string of the molecule is Clc1ccc(C2=CCNC(CCCCn3cc(Cl)cn3)C2)cc1. The van der Waals surface area contributed by atoms with Gasteiger partial charge in [-0.2, -0.15) is 5.10 Å². The number of hydrogen-bond donors (Lipinski definition) is 1. The Balaban J connectivity index is 1.44. The third-order valence-electron chi connectivity index (χ3n) is 4.23. The summed E-state index contributed by atoms with van der Waals surface area (Å²) in [6.45, 7) is 1.87. The lowest BCUT2D eigenvalue weighted by atomic mass is 9.93. The number of nitrogens with one attached hydrogen (secondary N) is 1. The quantitative estimate of drug-likeness (QED) is 0.758. The molecule has 23 heavy (non-hydrogen) atoms. The van der Waals surface area contributed by atoms with Crippen LogP contribution < -0.4 is 5.32 Å². The molecule has 0 spiro atoms. The molecule has 1 N–H and O–H groups in total. The summed E-state index contributed by atoms with van der Waals surface area (Å²) in [5, 5.41) is 9.29. The van der Waals surface area contributed by atoms with Crippen LogP contribution in [0.2, 0.25) is 10.0 Å². The van der Waals surface area contributed by atoms with Gasteiger partial charge in [0.2, 0.25) is 0 Å². The third-order valence-corrected chi connectivity index (χ3v) is 4.68.